The second kappa shape index (κ2) is 7.28. The number of hydrogen-bond acceptors (Lipinski definition) is 4. The molecular weight excluding hydrogens is 226 g/mol. The lowest BCUT2D eigenvalue weighted by molar-refractivity contribution is 0.325. The van der Waals surface area contributed by atoms with Crippen LogP contribution in [0, 0.1) is 0 Å². The van der Waals surface area contributed by atoms with Crippen molar-refractivity contribution in [1.82, 2.24) is 9.97 Å². The zero-order valence-corrected chi connectivity index (χ0v) is 10.6. The molecule has 0 aliphatic rings. The third-order valence-corrected chi connectivity index (χ3v) is 2.43. The third kappa shape index (κ3) is 3.85. The van der Waals surface area contributed by atoms with Crippen molar-refractivity contribution in [2.75, 3.05) is 30.5 Å². The summed E-state index contributed by atoms with van der Waals surface area (Å²) >= 11 is 5.68. The van der Waals surface area contributed by atoms with Gasteiger partial charge in [0.05, 0.1) is 19.0 Å². The van der Waals surface area contributed by atoms with Crippen LogP contribution in [-0.4, -0.2) is 35.5 Å². The van der Waals surface area contributed by atoms with Crippen molar-refractivity contribution in [3.63, 3.8) is 0 Å². The van der Waals surface area contributed by atoms with Crippen molar-refractivity contribution in [3.05, 3.63) is 12.4 Å². The molecule has 0 saturated heterocycles. The number of anilines is 1. The van der Waals surface area contributed by atoms with Gasteiger partial charge in [-0.25, -0.2) is 0 Å². The molecule has 0 saturated carbocycles. The molecule has 90 valence electrons. The molecule has 0 amide bonds. The van der Waals surface area contributed by atoms with E-state index in [2.05, 4.69) is 21.8 Å². The Kier molecular flexibility index (Phi) is 5.93. The van der Waals surface area contributed by atoms with Gasteiger partial charge in [0.25, 0.3) is 0 Å². The quantitative estimate of drug-likeness (QED) is 0.689. The maximum absolute atomic E-state index is 5.68. The molecule has 0 atom stereocenters. The predicted octanol–water partition coefficient (Wildman–Crippen LogP) is 2.33. The Balaban J connectivity index is 2.71. The molecule has 0 spiro atoms. The Labute approximate surface area is 102 Å². The van der Waals surface area contributed by atoms with Crippen molar-refractivity contribution < 1.29 is 4.74 Å². The van der Waals surface area contributed by atoms with E-state index in [0.29, 0.717) is 18.4 Å². The Hall–Kier alpha value is -1.03. The minimum absolute atomic E-state index is 0.573. The molecule has 0 radical (unpaired) electrons. The molecule has 16 heavy (non-hydrogen) atoms. The van der Waals surface area contributed by atoms with Crippen molar-refractivity contribution in [1.29, 1.82) is 0 Å². The summed E-state index contributed by atoms with van der Waals surface area (Å²) in [6.45, 7) is 6.40. The van der Waals surface area contributed by atoms with Crippen molar-refractivity contribution in [3.8, 4) is 5.88 Å². The van der Waals surface area contributed by atoms with E-state index in [4.69, 9.17) is 16.3 Å². The number of alkyl halides is 1. The lowest BCUT2D eigenvalue weighted by Crippen LogP contribution is -2.25. The van der Waals surface area contributed by atoms with Crippen LogP contribution in [-0.2, 0) is 0 Å². The molecule has 0 unspecified atom stereocenters. The van der Waals surface area contributed by atoms with Crippen LogP contribution in [0.5, 0.6) is 5.88 Å². The summed E-state index contributed by atoms with van der Waals surface area (Å²) in [7, 11) is 0. The van der Waals surface area contributed by atoms with Crippen LogP contribution in [0.15, 0.2) is 12.4 Å². The van der Waals surface area contributed by atoms with Gasteiger partial charge in [0.15, 0.2) is 5.82 Å². The Morgan fingerprint density at radius 2 is 2.19 bits per heavy atom. The highest BCUT2D eigenvalue weighted by molar-refractivity contribution is 6.17. The largest absolute Gasteiger partial charge is 0.477 e. The first-order valence-electron chi connectivity index (χ1n) is 5.57. The molecule has 1 heterocycles. The van der Waals surface area contributed by atoms with Gasteiger partial charge in [-0.05, 0) is 20.3 Å². The number of rotatable bonds is 7. The first kappa shape index (κ1) is 13.0. The fourth-order valence-electron chi connectivity index (χ4n) is 1.39. The van der Waals surface area contributed by atoms with Crippen molar-refractivity contribution in [2.24, 2.45) is 0 Å². The molecule has 5 heteroatoms. The lowest BCUT2D eigenvalue weighted by Gasteiger charge is -2.21. The highest BCUT2D eigenvalue weighted by Gasteiger charge is 2.07. The molecule has 0 N–H and O–H groups in total. The SMILES string of the molecule is CCOc1cncc(N(CC)CCCCl)n1. The molecule has 1 aromatic rings. The number of halogens is 1. The van der Waals surface area contributed by atoms with Gasteiger partial charge in [-0.15, -0.1) is 11.6 Å². The highest BCUT2D eigenvalue weighted by Crippen LogP contribution is 2.14. The molecule has 0 aliphatic heterocycles. The molecule has 0 fully saturated rings. The monoisotopic (exact) mass is 243 g/mol. The van der Waals surface area contributed by atoms with E-state index in [-0.39, 0.29) is 0 Å². The summed E-state index contributed by atoms with van der Waals surface area (Å²) in [6, 6.07) is 0. The second-order valence-electron chi connectivity index (χ2n) is 3.27. The minimum atomic E-state index is 0.573. The fourth-order valence-corrected chi connectivity index (χ4v) is 1.51. The smallest absolute Gasteiger partial charge is 0.234 e. The molecule has 0 aliphatic carbocycles. The van der Waals surface area contributed by atoms with E-state index in [1.165, 1.54) is 0 Å². The van der Waals surface area contributed by atoms with Gasteiger partial charge < -0.3 is 9.64 Å². The molecule has 4 nitrogen and oxygen atoms in total. The van der Waals surface area contributed by atoms with E-state index in [0.717, 1.165) is 25.3 Å². The van der Waals surface area contributed by atoms with E-state index >= 15 is 0 Å². The fraction of sp³-hybridized carbons (Fsp3) is 0.636. The van der Waals surface area contributed by atoms with Gasteiger partial charge in [0, 0.05) is 19.0 Å². The maximum atomic E-state index is 5.68. The van der Waals surface area contributed by atoms with Crippen LogP contribution in [0.4, 0.5) is 5.82 Å². The van der Waals surface area contributed by atoms with Crippen molar-refractivity contribution in [2.45, 2.75) is 20.3 Å². The van der Waals surface area contributed by atoms with E-state index in [1.807, 2.05) is 6.92 Å². The van der Waals surface area contributed by atoms with E-state index in [9.17, 15) is 0 Å². The standard InChI is InChI=1S/C11H18ClN3O/c1-3-15(7-5-6-12)10-8-13-9-11(14-10)16-4-2/h8-9H,3-7H2,1-2H3. The lowest BCUT2D eigenvalue weighted by atomic mass is 10.4. The van der Waals surface area contributed by atoms with Gasteiger partial charge >= 0.3 is 0 Å². The zero-order chi connectivity index (χ0) is 11.8. The summed E-state index contributed by atoms with van der Waals surface area (Å²) in [5, 5.41) is 0. The Morgan fingerprint density at radius 3 is 2.81 bits per heavy atom. The molecule has 1 rings (SSSR count). The van der Waals surface area contributed by atoms with Gasteiger partial charge in [-0.2, -0.15) is 4.98 Å². The summed E-state index contributed by atoms with van der Waals surface area (Å²) in [5.74, 6) is 2.08. The van der Waals surface area contributed by atoms with Gasteiger partial charge in [-0.1, -0.05) is 0 Å². The summed E-state index contributed by atoms with van der Waals surface area (Å²) in [5.41, 5.74) is 0. The third-order valence-electron chi connectivity index (χ3n) is 2.16. The second-order valence-corrected chi connectivity index (χ2v) is 3.65. The number of aromatic nitrogens is 2. The van der Waals surface area contributed by atoms with Gasteiger partial charge in [-0.3, -0.25) is 4.98 Å². The van der Waals surface area contributed by atoms with Crippen LogP contribution >= 0.6 is 11.6 Å². The van der Waals surface area contributed by atoms with Crippen LogP contribution < -0.4 is 9.64 Å². The normalized spacial score (nSPS) is 10.2. The van der Waals surface area contributed by atoms with E-state index in [1.54, 1.807) is 12.4 Å². The summed E-state index contributed by atoms with van der Waals surface area (Å²) < 4.78 is 5.32. The van der Waals surface area contributed by atoms with Crippen LogP contribution in [0.1, 0.15) is 20.3 Å². The zero-order valence-electron chi connectivity index (χ0n) is 9.82. The summed E-state index contributed by atoms with van der Waals surface area (Å²) in [6.07, 6.45) is 4.32. The number of nitrogens with zero attached hydrogens (tertiary/aromatic N) is 3. The average Bonchev–Trinajstić information content (AvgIpc) is 2.31. The van der Waals surface area contributed by atoms with Gasteiger partial charge in [0.1, 0.15) is 0 Å². The minimum Gasteiger partial charge on any atom is -0.477 e. The van der Waals surface area contributed by atoms with E-state index < -0.39 is 0 Å². The molecule has 1 aromatic heterocycles. The first-order chi connectivity index (χ1) is 7.81. The molecular formula is C11H18ClN3O. The first-order valence-corrected chi connectivity index (χ1v) is 6.11. The van der Waals surface area contributed by atoms with Crippen LogP contribution in [0.3, 0.4) is 0 Å². The number of ether oxygens (including phenoxy) is 1. The Bertz CT molecular complexity index is 309. The van der Waals surface area contributed by atoms with Crippen molar-refractivity contribution >= 4 is 17.4 Å². The van der Waals surface area contributed by atoms with Gasteiger partial charge in [0.2, 0.25) is 5.88 Å². The van der Waals surface area contributed by atoms with Crippen LogP contribution in [0.25, 0.3) is 0 Å². The Morgan fingerprint density at radius 1 is 1.38 bits per heavy atom. The van der Waals surface area contributed by atoms with Crippen LogP contribution in [0.2, 0.25) is 0 Å². The number of hydrogen-bond donors (Lipinski definition) is 0. The average molecular weight is 244 g/mol. The highest BCUT2D eigenvalue weighted by atomic mass is 35.5. The molecule has 0 bridgehead atoms. The predicted molar refractivity (Wildman–Crippen MR) is 66.4 cm³/mol. The maximum Gasteiger partial charge on any atom is 0.234 e. The molecule has 0 aromatic carbocycles. The topological polar surface area (TPSA) is 38.2 Å². The summed E-state index contributed by atoms with van der Waals surface area (Å²) in [4.78, 5) is 10.6.